The van der Waals surface area contributed by atoms with Gasteiger partial charge in [0, 0.05) is 27.3 Å². The number of nitrogens with one attached hydrogen (secondary N) is 1. The lowest BCUT2D eigenvalue weighted by molar-refractivity contribution is -0.143. The van der Waals surface area contributed by atoms with Crippen LogP contribution in [0, 0.1) is 5.41 Å². The number of oxime groups is 1. The van der Waals surface area contributed by atoms with Crippen molar-refractivity contribution in [2.24, 2.45) is 16.3 Å². The third kappa shape index (κ3) is 3.14. The van der Waals surface area contributed by atoms with Crippen molar-refractivity contribution in [2.75, 3.05) is 33.9 Å². The fraction of sp³-hybridized carbons (Fsp3) is 0.727. The van der Waals surface area contributed by atoms with Crippen LogP contribution in [0.25, 0.3) is 0 Å². The lowest BCUT2D eigenvalue weighted by Gasteiger charge is -2.37. The molecular formula is C11H20N4O4. The van der Waals surface area contributed by atoms with Crippen molar-refractivity contribution < 1.29 is 19.5 Å². The molecule has 1 rings (SSSR count). The second-order valence-electron chi connectivity index (χ2n) is 4.51. The second kappa shape index (κ2) is 6.37. The van der Waals surface area contributed by atoms with E-state index in [-0.39, 0.29) is 24.2 Å². The number of carbonyl (C=O) groups is 2. The maximum Gasteiger partial charge on any atom is 0.239 e. The van der Waals surface area contributed by atoms with Crippen LogP contribution in [-0.4, -0.2) is 61.6 Å². The summed E-state index contributed by atoms with van der Waals surface area (Å²) in [5.41, 5.74) is 4.59. The molecule has 0 aromatic carbocycles. The van der Waals surface area contributed by atoms with Gasteiger partial charge in [0.25, 0.3) is 0 Å². The van der Waals surface area contributed by atoms with Crippen LogP contribution in [0.15, 0.2) is 5.16 Å². The van der Waals surface area contributed by atoms with Crippen molar-refractivity contribution in [3.63, 3.8) is 0 Å². The molecule has 108 valence electrons. The number of amides is 2. The van der Waals surface area contributed by atoms with Gasteiger partial charge in [0.05, 0.1) is 6.54 Å². The second-order valence-corrected chi connectivity index (χ2v) is 4.51. The zero-order chi connectivity index (χ0) is 14.5. The molecule has 0 unspecified atom stereocenters. The number of hydrogen-bond acceptors (Lipinski definition) is 5. The first kappa shape index (κ1) is 15.2. The number of likely N-dealkylation sites (N-methyl/N-ethyl adjacent to an activating group) is 2. The molecule has 8 nitrogen and oxygen atoms in total. The van der Waals surface area contributed by atoms with Crippen LogP contribution in [0.4, 0.5) is 0 Å². The summed E-state index contributed by atoms with van der Waals surface area (Å²) in [6.07, 6.45) is 0.666. The fourth-order valence-electron chi connectivity index (χ4n) is 2.13. The molecule has 0 saturated carbocycles. The SMILES string of the molecule is CNC(=O)CN(C)C(=O)C1(C(N)=NO)CCOCC1. The molecule has 1 heterocycles. The van der Waals surface area contributed by atoms with E-state index in [1.54, 1.807) is 0 Å². The van der Waals surface area contributed by atoms with E-state index in [4.69, 9.17) is 15.7 Å². The summed E-state index contributed by atoms with van der Waals surface area (Å²) >= 11 is 0. The highest BCUT2D eigenvalue weighted by Crippen LogP contribution is 2.32. The molecule has 0 atom stereocenters. The van der Waals surface area contributed by atoms with Gasteiger partial charge in [-0.05, 0) is 12.8 Å². The van der Waals surface area contributed by atoms with Crippen LogP contribution in [0.2, 0.25) is 0 Å². The molecule has 4 N–H and O–H groups in total. The molecule has 0 aliphatic carbocycles. The average Bonchev–Trinajstić information content (AvgIpc) is 2.45. The zero-order valence-electron chi connectivity index (χ0n) is 11.2. The highest BCUT2D eigenvalue weighted by atomic mass is 16.5. The van der Waals surface area contributed by atoms with Gasteiger partial charge in [0.15, 0.2) is 5.84 Å². The van der Waals surface area contributed by atoms with Crippen molar-refractivity contribution in [3.8, 4) is 0 Å². The minimum Gasteiger partial charge on any atom is -0.409 e. The minimum atomic E-state index is -1.09. The van der Waals surface area contributed by atoms with Crippen LogP contribution in [0.5, 0.6) is 0 Å². The molecule has 0 aromatic rings. The number of hydrogen-bond donors (Lipinski definition) is 3. The first-order valence-electron chi connectivity index (χ1n) is 6.00. The van der Waals surface area contributed by atoms with Crippen LogP contribution in [0.1, 0.15) is 12.8 Å². The Morgan fingerprint density at radius 3 is 2.53 bits per heavy atom. The highest BCUT2D eigenvalue weighted by molar-refractivity contribution is 6.07. The van der Waals surface area contributed by atoms with Gasteiger partial charge < -0.3 is 25.9 Å². The van der Waals surface area contributed by atoms with E-state index in [1.807, 2.05) is 0 Å². The predicted molar refractivity (Wildman–Crippen MR) is 67.6 cm³/mol. The lowest BCUT2D eigenvalue weighted by atomic mass is 9.77. The van der Waals surface area contributed by atoms with Gasteiger partial charge in [-0.15, -0.1) is 0 Å². The molecule has 1 aliphatic heterocycles. The monoisotopic (exact) mass is 272 g/mol. The van der Waals surface area contributed by atoms with E-state index in [2.05, 4.69) is 10.5 Å². The number of ether oxygens (including phenoxy) is 1. The van der Waals surface area contributed by atoms with Crippen molar-refractivity contribution in [1.29, 1.82) is 0 Å². The average molecular weight is 272 g/mol. The van der Waals surface area contributed by atoms with Gasteiger partial charge in [-0.2, -0.15) is 0 Å². The molecule has 0 aromatic heterocycles. The van der Waals surface area contributed by atoms with E-state index in [0.29, 0.717) is 26.1 Å². The summed E-state index contributed by atoms with van der Waals surface area (Å²) in [6, 6.07) is 0. The largest absolute Gasteiger partial charge is 0.409 e. The predicted octanol–water partition coefficient (Wildman–Crippen LogP) is -1.27. The molecular weight excluding hydrogens is 252 g/mol. The minimum absolute atomic E-state index is 0.0728. The Morgan fingerprint density at radius 2 is 2.05 bits per heavy atom. The first-order chi connectivity index (χ1) is 8.97. The van der Waals surface area contributed by atoms with Crippen molar-refractivity contribution in [1.82, 2.24) is 10.2 Å². The maximum atomic E-state index is 12.5. The lowest BCUT2D eigenvalue weighted by Crippen LogP contribution is -2.54. The Kier molecular flexibility index (Phi) is 5.11. The van der Waals surface area contributed by atoms with Crippen molar-refractivity contribution in [2.45, 2.75) is 12.8 Å². The summed E-state index contributed by atoms with van der Waals surface area (Å²) in [5.74, 6) is -0.753. The van der Waals surface area contributed by atoms with Crippen molar-refractivity contribution in [3.05, 3.63) is 0 Å². The van der Waals surface area contributed by atoms with E-state index >= 15 is 0 Å². The van der Waals surface area contributed by atoms with Gasteiger partial charge in [0.2, 0.25) is 11.8 Å². The third-order valence-corrected chi connectivity index (χ3v) is 3.36. The summed E-state index contributed by atoms with van der Waals surface area (Å²) < 4.78 is 5.21. The standard InChI is InChI=1S/C11H20N4O4/c1-13-8(16)7-15(2)10(17)11(9(12)14-18)3-5-19-6-4-11/h18H,3-7H2,1-2H3,(H2,12,14)(H,13,16). The highest BCUT2D eigenvalue weighted by Gasteiger charge is 2.46. The van der Waals surface area contributed by atoms with Crippen LogP contribution >= 0.6 is 0 Å². The quantitative estimate of drug-likeness (QED) is 0.255. The zero-order valence-corrected chi connectivity index (χ0v) is 11.2. The van der Waals surface area contributed by atoms with Gasteiger partial charge in [-0.1, -0.05) is 5.16 Å². The molecule has 8 heteroatoms. The number of rotatable bonds is 4. The molecule has 0 spiro atoms. The number of amidine groups is 1. The van der Waals surface area contributed by atoms with Crippen molar-refractivity contribution >= 4 is 17.6 Å². The van der Waals surface area contributed by atoms with E-state index < -0.39 is 5.41 Å². The molecule has 1 aliphatic rings. The molecule has 2 amide bonds. The maximum absolute atomic E-state index is 12.5. The molecule has 1 saturated heterocycles. The molecule has 0 radical (unpaired) electrons. The Morgan fingerprint density at radius 1 is 1.47 bits per heavy atom. The Hall–Kier alpha value is -1.83. The molecule has 0 bridgehead atoms. The van der Waals surface area contributed by atoms with Gasteiger partial charge >= 0.3 is 0 Å². The smallest absolute Gasteiger partial charge is 0.239 e. The molecule has 19 heavy (non-hydrogen) atoms. The van der Waals surface area contributed by atoms with Crippen LogP contribution in [-0.2, 0) is 14.3 Å². The third-order valence-electron chi connectivity index (χ3n) is 3.36. The summed E-state index contributed by atoms with van der Waals surface area (Å²) in [4.78, 5) is 25.1. The number of nitrogens with two attached hydrogens (primary N) is 1. The van der Waals surface area contributed by atoms with E-state index in [0.717, 1.165) is 0 Å². The summed E-state index contributed by atoms with van der Waals surface area (Å²) in [5, 5.41) is 14.3. The Labute approximate surface area is 111 Å². The normalized spacial score (nSPS) is 18.7. The van der Waals surface area contributed by atoms with Gasteiger partial charge in [0.1, 0.15) is 5.41 Å². The number of nitrogens with zero attached hydrogens (tertiary/aromatic N) is 2. The van der Waals surface area contributed by atoms with E-state index in [1.165, 1.54) is 19.0 Å². The van der Waals surface area contributed by atoms with E-state index in [9.17, 15) is 9.59 Å². The summed E-state index contributed by atoms with van der Waals surface area (Å²) in [6.45, 7) is 0.641. The first-order valence-corrected chi connectivity index (χ1v) is 6.00. The summed E-state index contributed by atoms with van der Waals surface area (Å²) in [7, 11) is 3.01. The Balaban J connectivity index is 2.92. The molecule has 1 fully saturated rings. The topological polar surface area (TPSA) is 117 Å². The Bertz CT molecular complexity index is 377. The van der Waals surface area contributed by atoms with Crippen LogP contribution in [0.3, 0.4) is 0 Å². The number of carbonyl (C=O) groups excluding carboxylic acids is 2. The fourth-order valence-corrected chi connectivity index (χ4v) is 2.13. The van der Waals surface area contributed by atoms with Gasteiger partial charge in [-0.25, -0.2) is 0 Å². The van der Waals surface area contributed by atoms with Gasteiger partial charge in [-0.3, -0.25) is 9.59 Å². The van der Waals surface area contributed by atoms with Crippen LogP contribution < -0.4 is 11.1 Å².